The number of aromatic nitrogens is 2. The Balaban J connectivity index is 3.07. The molecule has 1 aromatic heterocycles. The Morgan fingerprint density at radius 1 is 1.61 bits per heavy atom. The van der Waals surface area contributed by atoms with Gasteiger partial charge in [0.25, 0.3) is 5.56 Å². The van der Waals surface area contributed by atoms with Crippen LogP contribution in [0.15, 0.2) is 23.1 Å². The van der Waals surface area contributed by atoms with Crippen LogP contribution >= 0.6 is 0 Å². The Kier molecular flexibility index (Phi) is 4.49. The van der Waals surface area contributed by atoms with E-state index in [9.17, 15) is 18.0 Å². The topological polar surface area (TPSA) is 83.8 Å². The van der Waals surface area contributed by atoms with Gasteiger partial charge >= 0.3 is 6.18 Å². The average molecular weight is 262 g/mol. The standard InChI is InChI=1S/C10H13F3N4O/c1-6(3-2-4-14)16-7-5-15-17-9(18)8(7)10(11,12)13/h2-3,5-6H,4,14H2,1H3,(H2,16,17,18)/b3-2+/t6-/m1/s1. The van der Waals surface area contributed by atoms with E-state index in [1.807, 2.05) is 0 Å². The molecule has 0 aliphatic carbocycles. The number of hydrogen-bond acceptors (Lipinski definition) is 4. The minimum absolute atomic E-state index is 0.284. The molecule has 1 aromatic rings. The van der Waals surface area contributed by atoms with Crippen LogP contribution in [0.3, 0.4) is 0 Å². The summed E-state index contributed by atoms with van der Waals surface area (Å²) in [4.78, 5) is 11.2. The SMILES string of the molecule is C[C@H](/C=C/CN)Nc1cn[nH]c(=O)c1C(F)(F)F. The number of alkyl halides is 3. The molecule has 100 valence electrons. The van der Waals surface area contributed by atoms with Gasteiger partial charge in [-0.3, -0.25) is 4.79 Å². The van der Waals surface area contributed by atoms with Crippen LogP contribution < -0.4 is 16.6 Å². The van der Waals surface area contributed by atoms with E-state index in [2.05, 4.69) is 10.4 Å². The number of hydrogen-bond donors (Lipinski definition) is 3. The van der Waals surface area contributed by atoms with Crippen LogP contribution in [0.5, 0.6) is 0 Å². The molecule has 0 unspecified atom stereocenters. The third-order valence-corrected chi connectivity index (χ3v) is 2.08. The van der Waals surface area contributed by atoms with E-state index in [1.54, 1.807) is 24.2 Å². The lowest BCUT2D eigenvalue weighted by atomic mass is 10.2. The molecule has 1 heterocycles. The molecule has 8 heteroatoms. The van der Waals surface area contributed by atoms with Crippen molar-refractivity contribution in [2.24, 2.45) is 5.73 Å². The molecular weight excluding hydrogens is 249 g/mol. The molecule has 0 amide bonds. The van der Waals surface area contributed by atoms with Crippen molar-refractivity contribution >= 4 is 5.69 Å². The summed E-state index contributed by atoms with van der Waals surface area (Å²) in [5.74, 6) is 0. The molecule has 18 heavy (non-hydrogen) atoms. The van der Waals surface area contributed by atoms with E-state index in [1.165, 1.54) is 0 Å². The normalized spacial score (nSPS) is 13.8. The van der Waals surface area contributed by atoms with Gasteiger partial charge in [-0.25, -0.2) is 5.10 Å². The predicted molar refractivity (Wildman–Crippen MR) is 61.1 cm³/mol. The third kappa shape index (κ3) is 3.59. The highest BCUT2D eigenvalue weighted by molar-refractivity contribution is 5.50. The molecule has 0 aliphatic rings. The Morgan fingerprint density at radius 2 is 2.28 bits per heavy atom. The van der Waals surface area contributed by atoms with Gasteiger partial charge in [-0.2, -0.15) is 18.3 Å². The molecule has 0 fully saturated rings. The minimum atomic E-state index is -4.74. The lowest BCUT2D eigenvalue weighted by Crippen LogP contribution is -2.26. The second-order valence-corrected chi connectivity index (χ2v) is 3.58. The maximum atomic E-state index is 12.7. The lowest BCUT2D eigenvalue weighted by molar-refractivity contribution is -0.138. The van der Waals surface area contributed by atoms with Crippen molar-refractivity contribution in [1.82, 2.24) is 10.2 Å². The Bertz CT molecular complexity index is 481. The molecule has 1 atom stereocenters. The highest BCUT2D eigenvalue weighted by atomic mass is 19.4. The van der Waals surface area contributed by atoms with Crippen molar-refractivity contribution in [2.45, 2.75) is 19.1 Å². The lowest BCUT2D eigenvalue weighted by Gasteiger charge is -2.15. The van der Waals surface area contributed by atoms with Crippen molar-refractivity contribution in [2.75, 3.05) is 11.9 Å². The van der Waals surface area contributed by atoms with E-state index in [4.69, 9.17) is 5.73 Å². The van der Waals surface area contributed by atoms with Gasteiger partial charge in [0, 0.05) is 12.6 Å². The maximum Gasteiger partial charge on any atom is 0.423 e. The number of rotatable bonds is 4. The Hall–Kier alpha value is -1.83. The fourth-order valence-electron chi connectivity index (χ4n) is 1.37. The Morgan fingerprint density at radius 3 is 2.83 bits per heavy atom. The van der Waals surface area contributed by atoms with Crippen molar-refractivity contribution in [3.63, 3.8) is 0 Å². The minimum Gasteiger partial charge on any atom is -0.377 e. The van der Waals surface area contributed by atoms with Crippen LogP contribution in [0, 0.1) is 0 Å². The zero-order chi connectivity index (χ0) is 13.8. The molecule has 4 N–H and O–H groups in total. The number of anilines is 1. The summed E-state index contributed by atoms with van der Waals surface area (Å²) in [6.45, 7) is 1.92. The molecule has 5 nitrogen and oxygen atoms in total. The van der Waals surface area contributed by atoms with E-state index in [0.717, 1.165) is 6.20 Å². The van der Waals surface area contributed by atoms with Crippen LogP contribution in [0.4, 0.5) is 18.9 Å². The monoisotopic (exact) mass is 262 g/mol. The van der Waals surface area contributed by atoms with Crippen molar-refractivity contribution in [1.29, 1.82) is 0 Å². The van der Waals surface area contributed by atoms with Gasteiger partial charge in [0.2, 0.25) is 0 Å². The number of nitrogens with one attached hydrogen (secondary N) is 2. The second kappa shape index (κ2) is 5.67. The first-order valence-corrected chi connectivity index (χ1v) is 5.14. The summed E-state index contributed by atoms with van der Waals surface area (Å²) in [5, 5.41) is 7.65. The van der Waals surface area contributed by atoms with Crippen molar-refractivity contribution in [3.8, 4) is 0 Å². The summed E-state index contributed by atoms with van der Waals surface area (Å²) in [6.07, 6.45) is -0.611. The summed E-state index contributed by atoms with van der Waals surface area (Å²) >= 11 is 0. The third-order valence-electron chi connectivity index (χ3n) is 2.08. The van der Waals surface area contributed by atoms with Crippen molar-refractivity contribution < 1.29 is 13.2 Å². The number of H-pyrrole nitrogens is 1. The van der Waals surface area contributed by atoms with Crippen LogP contribution in [0.2, 0.25) is 0 Å². The molecule has 0 aromatic carbocycles. The molecule has 0 aliphatic heterocycles. The van der Waals surface area contributed by atoms with Crippen LogP contribution in [-0.4, -0.2) is 22.8 Å². The fraction of sp³-hybridized carbons (Fsp3) is 0.400. The summed E-state index contributed by atoms with van der Waals surface area (Å²) in [7, 11) is 0. The Labute approximate surface area is 101 Å². The zero-order valence-corrected chi connectivity index (χ0v) is 9.58. The molecule has 0 saturated heterocycles. The van der Waals surface area contributed by atoms with Crippen LogP contribution in [0.25, 0.3) is 0 Å². The van der Waals surface area contributed by atoms with E-state index >= 15 is 0 Å². The summed E-state index contributed by atoms with van der Waals surface area (Å²) in [6, 6.07) is -0.404. The first-order chi connectivity index (χ1) is 8.36. The first kappa shape index (κ1) is 14.2. The average Bonchev–Trinajstić information content (AvgIpc) is 2.24. The second-order valence-electron chi connectivity index (χ2n) is 3.58. The van der Waals surface area contributed by atoms with Gasteiger partial charge in [-0.05, 0) is 6.92 Å². The maximum absolute atomic E-state index is 12.7. The number of aromatic amines is 1. The predicted octanol–water partition coefficient (Wildman–Crippen LogP) is 1.10. The molecule has 0 bridgehead atoms. The smallest absolute Gasteiger partial charge is 0.377 e. The van der Waals surface area contributed by atoms with E-state index in [-0.39, 0.29) is 12.2 Å². The molecule has 0 saturated carbocycles. The number of nitrogens with zero attached hydrogens (tertiary/aromatic N) is 1. The quantitative estimate of drug-likeness (QED) is 0.709. The van der Waals surface area contributed by atoms with Gasteiger partial charge in [-0.1, -0.05) is 12.2 Å². The van der Waals surface area contributed by atoms with Crippen molar-refractivity contribution in [3.05, 3.63) is 34.3 Å². The van der Waals surface area contributed by atoms with E-state index < -0.39 is 23.3 Å². The largest absolute Gasteiger partial charge is 0.423 e. The zero-order valence-electron chi connectivity index (χ0n) is 9.58. The van der Waals surface area contributed by atoms with E-state index in [0.29, 0.717) is 0 Å². The molecule has 0 spiro atoms. The molecule has 0 radical (unpaired) electrons. The summed E-state index contributed by atoms with van der Waals surface area (Å²) < 4.78 is 38.1. The molecule has 1 rings (SSSR count). The summed E-state index contributed by atoms with van der Waals surface area (Å²) in [5.41, 5.74) is 2.31. The number of halogens is 3. The highest BCUT2D eigenvalue weighted by Gasteiger charge is 2.37. The van der Waals surface area contributed by atoms with Gasteiger partial charge < -0.3 is 11.1 Å². The number of nitrogens with two attached hydrogens (primary N) is 1. The van der Waals surface area contributed by atoms with Gasteiger partial charge in [0.15, 0.2) is 0 Å². The van der Waals surface area contributed by atoms with Gasteiger partial charge in [-0.15, -0.1) is 0 Å². The highest BCUT2D eigenvalue weighted by Crippen LogP contribution is 2.31. The first-order valence-electron chi connectivity index (χ1n) is 5.14. The fourth-order valence-corrected chi connectivity index (χ4v) is 1.37. The van der Waals surface area contributed by atoms with Gasteiger partial charge in [0.05, 0.1) is 11.9 Å². The van der Waals surface area contributed by atoms with Crippen LogP contribution in [-0.2, 0) is 6.18 Å². The van der Waals surface area contributed by atoms with Gasteiger partial charge in [0.1, 0.15) is 5.56 Å². The molecular formula is C10H13F3N4O. The van der Waals surface area contributed by atoms with Crippen LogP contribution in [0.1, 0.15) is 12.5 Å².